The molecule has 2 aliphatic heterocycles. The zero-order valence-electron chi connectivity index (χ0n) is 21.6. The van der Waals surface area contributed by atoms with E-state index in [0.717, 1.165) is 90.6 Å². The van der Waals surface area contributed by atoms with Gasteiger partial charge in [0.2, 0.25) is 0 Å². The molecule has 0 spiro atoms. The Bertz CT molecular complexity index is 1430. The highest BCUT2D eigenvalue weighted by Crippen LogP contribution is 2.30. The molecule has 0 radical (unpaired) electrons. The Hall–Kier alpha value is -3.82. The van der Waals surface area contributed by atoms with E-state index in [-0.39, 0.29) is 11.9 Å². The van der Waals surface area contributed by atoms with Crippen LogP contribution in [0.15, 0.2) is 55.0 Å². The second-order valence-corrected chi connectivity index (χ2v) is 10.3. The molecule has 1 aromatic carbocycles. The fraction of sp³-hybridized carbons (Fsp3) is 0.379. The maximum Gasteiger partial charge on any atom is 0.310 e. The van der Waals surface area contributed by atoms with Crippen molar-refractivity contribution in [1.82, 2.24) is 30.2 Å². The molecule has 0 aliphatic carbocycles. The number of aromatic nitrogens is 4. The number of aromatic amines is 1. The summed E-state index contributed by atoms with van der Waals surface area (Å²) in [5.74, 6) is 0.435. The first-order chi connectivity index (χ1) is 18.6. The molecule has 2 fully saturated rings. The van der Waals surface area contributed by atoms with E-state index >= 15 is 0 Å². The number of aryl methyl sites for hydroxylation is 1. The molecule has 1 unspecified atom stereocenters. The fourth-order valence-corrected chi connectivity index (χ4v) is 5.14. The molecule has 2 saturated heterocycles. The summed E-state index contributed by atoms with van der Waals surface area (Å²) in [6, 6.07) is 14.3. The number of carbonyl (C=O) groups is 1. The minimum absolute atomic E-state index is 0.00859. The standard InChI is InChI=1S/C29H33N7O2/c1-19-3-2-4-26(35-19)28-27(33-18-34-28)21-5-6-25-23(11-21)12-24(15-32-25)31-8-10-36-9-7-22(16-36)29(37)38-17-20-13-30-14-20/h2-6,11-12,15,18,20,22,30-31H,7-10,13-14,16-17H2,1H3,(H,33,34). The van der Waals surface area contributed by atoms with E-state index in [2.05, 4.69) is 53.7 Å². The van der Waals surface area contributed by atoms with Gasteiger partial charge in [-0.25, -0.2) is 4.98 Å². The number of rotatable bonds is 9. The van der Waals surface area contributed by atoms with Crippen molar-refractivity contribution < 1.29 is 9.53 Å². The Balaban J connectivity index is 1.07. The number of pyridine rings is 2. The summed E-state index contributed by atoms with van der Waals surface area (Å²) in [5, 5.41) is 7.76. The van der Waals surface area contributed by atoms with E-state index in [1.54, 1.807) is 6.33 Å². The van der Waals surface area contributed by atoms with E-state index in [4.69, 9.17) is 4.74 Å². The van der Waals surface area contributed by atoms with E-state index in [9.17, 15) is 4.79 Å². The lowest BCUT2D eigenvalue weighted by Gasteiger charge is -2.26. The molecule has 38 heavy (non-hydrogen) atoms. The molecule has 196 valence electrons. The summed E-state index contributed by atoms with van der Waals surface area (Å²) < 4.78 is 5.53. The summed E-state index contributed by atoms with van der Waals surface area (Å²) in [5.41, 5.74) is 6.54. The maximum atomic E-state index is 12.4. The Morgan fingerprint density at radius 2 is 2.11 bits per heavy atom. The first kappa shape index (κ1) is 24.5. The van der Waals surface area contributed by atoms with E-state index in [1.807, 2.05) is 37.4 Å². The van der Waals surface area contributed by atoms with Gasteiger partial charge in [0.15, 0.2) is 0 Å². The van der Waals surface area contributed by atoms with Crippen molar-refractivity contribution in [2.45, 2.75) is 13.3 Å². The SMILES string of the molecule is Cc1cccc(-c2[nH]cnc2-c2ccc3ncc(NCCN4CCC(C(=O)OCC5CNC5)C4)cc3c2)n1. The molecule has 2 aliphatic rings. The normalized spacial score (nSPS) is 18.0. The number of hydrogen-bond acceptors (Lipinski definition) is 8. The van der Waals surface area contributed by atoms with Crippen LogP contribution in [-0.2, 0) is 9.53 Å². The second-order valence-electron chi connectivity index (χ2n) is 10.3. The van der Waals surface area contributed by atoms with Crippen molar-refractivity contribution in [3.63, 3.8) is 0 Å². The number of hydrogen-bond donors (Lipinski definition) is 3. The van der Waals surface area contributed by atoms with E-state index < -0.39 is 0 Å². The first-order valence-electron chi connectivity index (χ1n) is 13.3. The average molecular weight is 512 g/mol. The summed E-state index contributed by atoms with van der Waals surface area (Å²) >= 11 is 0. The number of benzene rings is 1. The Labute approximate surface area is 222 Å². The lowest BCUT2D eigenvalue weighted by Crippen LogP contribution is -2.45. The quantitative estimate of drug-likeness (QED) is 0.293. The predicted molar refractivity (Wildman–Crippen MR) is 148 cm³/mol. The second kappa shape index (κ2) is 10.9. The molecule has 9 heteroatoms. The van der Waals surface area contributed by atoms with Crippen LogP contribution in [0.25, 0.3) is 33.5 Å². The number of anilines is 1. The van der Waals surface area contributed by atoms with Gasteiger partial charge in [0.25, 0.3) is 0 Å². The highest BCUT2D eigenvalue weighted by molar-refractivity contribution is 5.88. The Kier molecular flexibility index (Phi) is 7.02. The minimum atomic E-state index is -0.0415. The van der Waals surface area contributed by atoms with Crippen molar-refractivity contribution in [1.29, 1.82) is 0 Å². The molecule has 9 nitrogen and oxygen atoms in total. The van der Waals surface area contributed by atoms with Crippen molar-refractivity contribution >= 4 is 22.6 Å². The van der Waals surface area contributed by atoms with Crippen molar-refractivity contribution in [3.05, 3.63) is 60.7 Å². The van der Waals surface area contributed by atoms with Gasteiger partial charge in [-0.2, -0.15) is 0 Å². The van der Waals surface area contributed by atoms with E-state index in [1.165, 1.54) is 0 Å². The number of nitrogens with one attached hydrogen (secondary N) is 3. The van der Waals surface area contributed by atoms with Crippen LogP contribution < -0.4 is 10.6 Å². The molecular weight excluding hydrogens is 478 g/mol. The summed E-state index contributed by atoms with van der Waals surface area (Å²) in [4.78, 5) is 31.8. The molecule has 6 rings (SSSR count). The van der Waals surface area contributed by atoms with E-state index in [0.29, 0.717) is 12.5 Å². The van der Waals surface area contributed by atoms with Gasteiger partial charge in [-0.3, -0.25) is 14.8 Å². The van der Waals surface area contributed by atoms with Gasteiger partial charge in [-0.1, -0.05) is 12.1 Å². The molecule has 4 aromatic rings. The van der Waals surface area contributed by atoms with Crippen LogP contribution in [0.3, 0.4) is 0 Å². The van der Waals surface area contributed by atoms with Gasteiger partial charge in [0.05, 0.1) is 53.3 Å². The number of ether oxygens (including phenoxy) is 1. The van der Waals surface area contributed by atoms with Gasteiger partial charge in [0, 0.05) is 55.3 Å². The van der Waals surface area contributed by atoms with Gasteiger partial charge in [-0.05, 0) is 50.2 Å². The number of fused-ring (bicyclic) bond motifs is 1. The molecule has 0 saturated carbocycles. The van der Waals surface area contributed by atoms with Crippen molar-refractivity contribution in [2.24, 2.45) is 11.8 Å². The van der Waals surface area contributed by atoms with Crippen LogP contribution in [-0.4, -0.2) is 76.7 Å². The number of nitrogens with zero attached hydrogens (tertiary/aromatic N) is 4. The molecule has 0 amide bonds. The summed E-state index contributed by atoms with van der Waals surface area (Å²) in [6.07, 6.45) is 4.46. The third-order valence-corrected chi connectivity index (χ3v) is 7.43. The summed E-state index contributed by atoms with van der Waals surface area (Å²) in [6.45, 7) is 7.79. The lowest BCUT2D eigenvalue weighted by atomic mass is 10.0. The highest BCUT2D eigenvalue weighted by atomic mass is 16.5. The van der Waals surface area contributed by atoms with Gasteiger partial charge >= 0.3 is 5.97 Å². The third-order valence-electron chi connectivity index (χ3n) is 7.43. The Morgan fingerprint density at radius 3 is 2.95 bits per heavy atom. The number of H-pyrrole nitrogens is 1. The topological polar surface area (TPSA) is 108 Å². The van der Waals surface area contributed by atoms with Crippen LogP contribution in [0.4, 0.5) is 5.69 Å². The molecule has 5 heterocycles. The average Bonchev–Trinajstić information content (AvgIpc) is 3.58. The molecular formula is C29H33N7O2. The lowest BCUT2D eigenvalue weighted by molar-refractivity contribution is -0.150. The molecule has 3 aromatic heterocycles. The first-order valence-corrected chi connectivity index (χ1v) is 13.3. The van der Waals surface area contributed by atoms with Crippen molar-refractivity contribution in [3.8, 4) is 22.6 Å². The molecule has 0 bridgehead atoms. The van der Waals surface area contributed by atoms with Crippen LogP contribution in [0.2, 0.25) is 0 Å². The molecule has 1 atom stereocenters. The van der Waals surface area contributed by atoms with Gasteiger partial charge in [-0.15, -0.1) is 0 Å². The predicted octanol–water partition coefficient (Wildman–Crippen LogP) is 3.49. The fourth-order valence-electron chi connectivity index (χ4n) is 5.14. The largest absolute Gasteiger partial charge is 0.465 e. The number of imidazole rings is 1. The highest BCUT2D eigenvalue weighted by Gasteiger charge is 2.30. The number of likely N-dealkylation sites (tertiary alicyclic amines) is 1. The smallest absolute Gasteiger partial charge is 0.310 e. The van der Waals surface area contributed by atoms with Crippen LogP contribution >= 0.6 is 0 Å². The number of esters is 1. The van der Waals surface area contributed by atoms with Crippen LogP contribution in [0, 0.1) is 18.8 Å². The number of carbonyl (C=O) groups excluding carboxylic acids is 1. The molecule has 3 N–H and O–H groups in total. The minimum Gasteiger partial charge on any atom is -0.465 e. The third kappa shape index (κ3) is 5.39. The van der Waals surface area contributed by atoms with Crippen LogP contribution in [0.5, 0.6) is 0 Å². The van der Waals surface area contributed by atoms with Gasteiger partial charge < -0.3 is 25.3 Å². The monoisotopic (exact) mass is 511 g/mol. The van der Waals surface area contributed by atoms with Crippen LogP contribution in [0.1, 0.15) is 12.1 Å². The van der Waals surface area contributed by atoms with Gasteiger partial charge in [0.1, 0.15) is 0 Å². The van der Waals surface area contributed by atoms with Crippen molar-refractivity contribution in [2.75, 3.05) is 51.2 Å². The zero-order chi connectivity index (χ0) is 25.9. The maximum absolute atomic E-state index is 12.4. The Morgan fingerprint density at radius 1 is 1.18 bits per heavy atom. The summed E-state index contributed by atoms with van der Waals surface area (Å²) in [7, 11) is 0. The zero-order valence-corrected chi connectivity index (χ0v) is 21.6.